The van der Waals surface area contributed by atoms with Crippen molar-refractivity contribution in [1.29, 1.82) is 0 Å². The summed E-state index contributed by atoms with van der Waals surface area (Å²) in [7, 11) is -3.18. The van der Waals surface area contributed by atoms with Crippen LogP contribution in [0.25, 0.3) is 11.0 Å². The first kappa shape index (κ1) is 18.6. The summed E-state index contributed by atoms with van der Waals surface area (Å²) in [5.74, 6) is 0.914. The van der Waals surface area contributed by atoms with E-state index >= 15 is 0 Å². The number of nitrogens with one attached hydrogen (secondary N) is 1. The Morgan fingerprint density at radius 3 is 2.81 bits per heavy atom. The second kappa shape index (κ2) is 7.58. The number of aryl methyl sites for hydroxylation is 3. The van der Waals surface area contributed by atoms with Crippen LogP contribution in [-0.2, 0) is 29.4 Å². The summed E-state index contributed by atoms with van der Waals surface area (Å²) in [4.78, 5) is 9.01. The standard InChI is InChI=1S/C16H24N6O3S/c1-26(24,25)19-8-4-5-9-22-13(10-18-23)21-14-15(22)11-6-2-3-7-12(11)20-16(14)17/h10,19,23H,2-9H2,1H3,(H2,17,20)/b18-10+. The minimum atomic E-state index is -3.18. The van der Waals surface area contributed by atoms with Gasteiger partial charge in [0, 0.05) is 18.8 Å². The Morgan fingerprint density at radius 2 is 2.08 bits per heavy atom. The van der Waals surface area contributed by atoms with Gasteiger partial charge >= 0.3 is 0 Å². The van der Waals surface area contributed by atoms with Crippen LogP contribution in [0.15, 0.2) is 5.16 Å². The Balaban J connectivity index is 1.91. The topological polar surface area (TPSA) is 135 Å². The van der Waals surface area contributed by atoms with Crippen molar-refractivity contribution in [2.24, 2.45) is 5.16 Å². The first-order valence-electron chi connectivity index (χ1n) is 8.70. The van der Waals surface area contributed by atoms with E-state index < -0.39 is 10.0 Å². The predicted octanol–water partition coefficient (Wildman–Crippen LogP) is 1.03. The first-order valence-corrected chi connectivity index (χ1v) is 10.6. The molecule has 9 nitrogen and oxygen atoms in total. The number of sulfonamides is 1. The van der Waals surface area contributed by atoms with Gasteiger partial charge in [-0.2, -0.15) is 0 Å². The van der Waals surface area contributed by atoms with E-state index in [9.17, 15) is 8.42 Å². The molecule has 0 radical (unpaired) electrons. The average molecular weight is 380 g/mol. The zero-order valence-corrected chi connectivity index (χ0v) is 15.6. The predicted molar refractivity (Wildman–Crippen MR) is 100 cm³/mol. The number of rotatable bonds is 7. The van der Waals surface area contributed by atoms with Crippen molar-refractivity contribution in [3.63, 3.8) is 0 Å². The van der Waals surface area contributed by atoms with Gasteiger partial charge in [-0.05, 0) is 44.1 Å². The summed E-state index contributed by atoms with van der Waals surface area (Å²) in [5.41, 5.74) is 9.89. The summed E-state index contributed by atoms with van der Waals surface area (Å²) < 4.78 is 26.8. The molecule has 142 valence electrons. The third-order valence-corrected chi connectivity index (χ3v) is 5.29. The Morgan fingerprint density at radius 1 is 1.31 bits per heavy atom. The van der Waals surface area contributed by atoms with Crippen LogP contribution in [0.5, 0.6) is 0 Å². The highest BCUT2D eigenvalue weighted by Gasteiger charge is 2.22. The highest BCUT2D eigenvalue weighted by Crippen LogP contribution is 2.31. The number of fused-ring (bicyclic) bond motifs is 3. The van der Waals surface area contributed by atoms with Crippen molar-refractivity contribution in [3.05, 3.63) is 17.1 Å². The molecule has 2 aromatic rings. The van der Waals surface area contributed by atoms with Gasteiger partial charge in [0.05, 0.1) is 11.8 Å². The molecule has 0 aromatic carbocycles. The molecule has 0 saturated heterocycles. The molecule has 0 amide bonds. The maximum atomic E-state index is 11.1. The number of hydrogen-bond donors (Lipinski definition) is 3. The Labute approximate surface area is 152 Å². The summed E-state index contributed by atoms with van der Waals surface area (Å²) in [6.45, 7) is 1.01. The number of nitrogens with zero attached hydrogens (tertiary/aromatic N) is 4. The van der Waals surface area contributed by atoms with Gasteiger partial charge in [-0.3, -0.25) is 0 Å². The minimum absolute atomic E-state index is 0.386. The van der Waals surface area contributed by atoms with E-state index in [1.54, 1.807) is 0 Å². The van der Waals surface area contributed by atoms with Crippen LogP contribution in [0, 0.1) is 0 Å². The summed E-state index contributed by atoms with van der Waals surface area (Å²) >= 11 is 0. The zero-order chi connectivity index (χ0) is 18.7. The van der Waals surface area contributed by atoms with Crippen LogP contribution in [0.2, 0.25) is 0 Å². The van der Waals surface area contributed by atoms with Gasteiger partial charge in [-0.1, -0.05) is 5.16 Å². The van der Waals surface area contributed by atoms with Crippen molar-refractivity contribution < 1.29 is 13.6 Å². The fraction of sp³-hybridized carbons (Fsp3) is 0.562. The number of oxime groups is 1. The molecule has 0 fully saturated rings. The third-order valence-electron chi connectivity index (χ3n) is 4.57. The molecule has 0 unspecified atom stereocenters. The quantitative estimate of drug-likeness (QED) is 0.284. The molecular formula is C16H24N6O3S. The molecule has 1 aliphatic carbocycles. The monoisotopic (exact) mass is 380 g/mol. The molecule has 2 heterocycles. The number of hydrogen-bond acceptors (Lipinski definition) is 7. The van der Waals surface area contributed by atoms with Crippen molar-refractivity contribution in [2.45, 2.75) is 45.1 Å². The lowest BCUT2D eigenvalue weighted by Gasteiger charge is -2.18. The maximum Gasteiger partial charge on any atom is 0.208 e. The van der Waals surface area contributed by atoms with Crippen LogP contribution in [-0.4, -0.2) is 47.2 Å². The molecule has 0 spiro atoms. The van der Waals surface area contributed by atoms with Crippen molar-refractivity contribution in [2.75, 3.05) is 18.5 Å². The van der Waals surface area contributed by atoms with Crippen molar-refractivity contribution >= 4 is 33.1 Å². The first-order chi connectivity index (χ1) is 12.4. The van der Waals surface area contributed by atoms with E-state index in [4.69, 9.17) is 10.9 Å². The molecule has 3 rings (SSSR count). The van der Waals surface area contributed by atoms with E-state index in [1.807, 2.05) is 4.57 Å². The average Bonchev–Trinajstić information content (AvgIpc) is 2.93. The molecule has 4 N–H and O–H groups in total. The lowest BCUT2D eigenvalue weighted by molar-refractivity contribution is 0.321. The van der Waals surface area contributed by atoms with Gasteiger partial charge in [0.2, 0.25) is 10.0 Å². The zero-order valence-electron chi connectivity index (χ0n) is 14.8. The van der Waals surface area contributed by atoms with Gasteiger partial charge in [-0.25, -0.2) is 23.1 Å². The van der Waals surface area contributed by atoms with E-state index in [1.165, 1.54) is 11.8 Å². The van der Waals surface area contributed by atoms with Crippen molar-refractivity contribution in [1.82, 2.24) is 19.3 Å². The molecular weight excluding hydrogens is 356 g/mol. The van der Waals surface area contributed by atoms with E-state index in [-0.39, 0.29) is 0 Å². The number of unbranched alkanes of at least 4 members (excludes halogenated alkanes) is 1. The number of imidazole rings is 1. The van der Waals surface area contributed by atoms with Crippen LogP contribution in [0.3, 0.4) is 0 Å². The normalized spacial score (nSPS) is 15.0. The van der Waals surface area contributed by atoms with E-state index in [0.29, 0.717) is 36.7 Å². The van der Waals surface area contributed by atoms with E-state index in [0.717, 1.165) is 49.6 Å². The van der Waals surface area contributed by atoms with Gasteiger partial charge < -0.3 is 15.5 Å². The van der Waals surface area contributed by atoms with Gasteiger partial charge in [0.1, 0.15) is 11.7 Å². The summed E-state index contributed by atoms with van der Waals surface area (Å²) in [6.07, 6.45) is 7.90. The molecule has 0 bridgehead atoms. The molecule has 0 saturated carbocycles. The van der Waals surface area contributed by atoms with Crippen molar-refractivity contribution in [3.8, 4) is 0 Å². The Hall–Kier alpha value is -2.20. The number of anilines is 1. The van der Waals surface area contributed by atoms with Crippen LogP contribution in [0.4, 0.5) is 5.82 Å². The van der Waals surface area contributed by atoms with Crippen LogP contribution in [0.1, 0.15) is 42.8 Å². The molecule has 0 aliphatic heterocycles. The molecule has 0 atom stereocenters. The van der Waals surface area contributed by atoms with Crippen LogP contribution < -0.4 is 10.5 Å². The lowest BCUT2D eigenvalue weighted by atomic mass is 9.95. The number of nitrogens with two attached hydrogens (primary N) is 1. The third kappa shape index (κ3) is 3.96. The SMILES string of the molecule is CS(=O)(=O)NCCCCn1c(/C=N/O)nc2c(N)nc3c(c21)CCCC3. The fourth-order valence-electron chi connectivity index (χ4n) is 3.45. The Kier molecular flexibility index (Phi) is 5.42. The van der Waals surface area contributed by atoms with Gasteiger partial charge in [-0.15, -0.1) is 0 Å². The highest BCUT2D eigenvalue weighted by molar-refractivity contribution is 7.88. The fourth-order valence-corrected chi connectivity index (χ4v) is 3.97. The Bertz CT molecular complexity index is 935. The number of pyridine rings is 1. The molecule has 10 heteroatoms. The lowest BCUT2D eigenvalue weighted by Crippen LogP contribution is -2.23. The molecule has 2 aromatic heterocycles. The second-order valence-corrected chi connectivity index (χ2v) is 8.40. The van der Waals surface area contributed by atoms with E-state index in [2.05, 4.69) is 19.8 Å². The minimum Gasteiger partial charge on any atom is -0.411 e. The van der Waals surface area contributed by atoms with Gasteiger partial charge in [0.15, 0.2) is 11.6 Å². The summed E-state index contributed by atoms with van der Waals surface area (Å²) in [6, 6.07) is 0. The van der Waals surface area contributed by atoms with Gasteiger partial charge in [0.25, 0.3) is 0 Å². The highest BCUT2D eigenvalue weighted by atomic mass is 32.2. The molecule has 26 heavy (non-hydrogen) atoms. The molecule has 1 aliphatic rings. The largest absolute Gasteiger partial charge is 0.411 e. The number of nitrogen functional groups attached to an aromatic ring is 1. The number of aromatic nitrogens is 3. The smallest absolute Gasteiger partial charge is 0.208 e. The maximum absolute atomic E-state index is 11.1. The second-order valence-electron chi connectivity index (χ2n) is 6.57. The summed E-state index contributed by atoms with van der Waals surface area (Å²) in [5, 5.41) is 12.1. The van der Waals surface area contributed by atoms with Crippen LogP contribution >= 0.6 is 0 Å².